The maximum absolute atomic E-state index is 11.2. The molecule has 0 bridgehead atoms. The number of hydrogen-bond acceptors (Lipinski definition) is 7. The van der Waals surface area contributed by atoms with Gasteiger partial charge < -0.3 is 23.7 Å². The van der Waals surface area contributed by atoms with Gasteiger partial charge in [-0.15, -0.1) is 0 Å². The van der Waals surface area contributed by atoms with E-state index in [4.69, 9.17) is 23.7 Å². The molecule has 0 N–H and O–H groups in total. The normalized spacial score (nSPS) is 30.7. The molecule has 0 aliphatic carbocycles. The van der Waals surface area contributed by atoms with E-state index in [1.807, 2.05) is 0 Å². The van der Waals surface area contributed by atoms with Gasteiger partial charge in [-0.05, 0) is 0 Å². The van der Waals surface area contributed by atoms with Crippen LogP contribution in [0.25, 0.3) is 0 Å². The van der Waals surface area contributed by atoms with Crippen molar-refractivity contribution >= 4 is 11.9 Å². The molecule has 4 atom stereocenters. The molecule has 1 heterocycles. The Balaban J connectivity index is 2.83. The van der Waals surface area contributed by atoms with Gasteiger partial charge in [0.15, 0.2) is 12.2 Å². The molecule has 0 spiro atoms. The van der Waals surface area contributed by atoms with Gasteiger partial charge in [0.1, 0.15) is 12.2 Å². The number of carbonyl (C=O) groups is 2. The van der Waals surface area contributed by atoms with E-state index in [-0.39, 0.29) is 13.2 Å². The summed E-state index contributed by atoms with van der Waals surface area (Å²) in [6.45, 7) is 3.02. The minimum absolute atomic E-state index is 0.171. The topological polar surface area (TPSA) is 80.3 Å². The van der Waals surface area contributed by atoms with Crippen molar-refractivity contribution in [1.82, 2.24) is 0 Å². The van der Waals surface area contributed by atoms with Crippen molar-refractivity contribution < 1.29 is 33.3 Å². The van der Waals surface area contributed by atoms with E-state index in [1.54, 1.807) is 0 Å². The molecule has 0 radical (unpaired) electrons. The van der Waals surface area contributed by atoms with Gasteiger partial charge in [0.05, 0.1) is 13.2 Å². The Morgan fingerprint density at radius 3 is 2.21 bits per heavy atom. The first kappa shape index (κ1) is 15.9. The number of ether oxygens (including phenoxy) is 5. The summed E-state index contributed by atoms with van der Waals surface area (Å²) in [5.41, 5.74) is 0. The average Bonchev–Trinajstić information content (AvgIpc) is 2.31. The fourth-order valence-corrected chi connectivity index (χ4v) is 2.07. The highest BCUT2D eigenvalue weighted by Gasteiger charge is 2.44. The molecule has 1 fully saturated rings. The second kappa shape index (κ2) is 7.42. The molecular formula is C12H20O7. The minimum Gasteiger partial charge on any atom is -0.457 e. The van der Waals surface area contributed by atoms with Crippen LogP contribution in [-0.4, -0.2) is 63.8 Å². The molecule has 7 nitrogen and oxygen atoms in total. The van der Waals surface area contributed by atoms with E-state index in [0.29, 0.717) is 0 Å². The molecule has 19 heavy (non-hydrogen) atoms. The Bertz CT molecular complexity index is 317. The maximum atomic E-state index is 11.2. The van der Waals surface area contributed by atoms with Crippen LogP contribution in [0.3, 0.4) is 0 Å². The van der Waals surface area contributed by atoms with Crippen molar-refractivity contribution in [3.05, 3.63) is 0 Å². The summed E-state index contributed by atoms with van der Waals surface area (Å²) in [7, 11) is 2.99. The van der Waals surface area contributed by atoms with E-state index >= 15 is 0 Å². The minimum atomic E-state index is -0.680. The quantitative estimate of drug-likeness (QED) is 0.649. The summed E-state index contributed by atoms with van der Waals surface area (Å²) >= 11 is 0. The number of carbonyl (C=O) groups excluding carboxylic acids is 2. The van der Waals surface area contributed by atoms with Crippen LogP contribution in [0.1, 0.15) is 13.8 Å². The third-order valence-corrected chi connectivity index (χ3v) is 2.75. The molecule has 0 unspecified atom stereocenters. The van der Waals surface area contributed by atoms with E-state index in [9.17, 15) is 9.59 Å². The monoisotopic (exact) mass is 276 g/mol. The van der Waals surface area contributed by atoms with E-state index in [0.717, 1.165) is 0 Å². The molecule has 0 aromatic rings. The molecule has 0 amide bonds. The molecule has 1 aliphatic rings. The summed E-state index contributed by atoms with van der Waals surface area (Å²) in [4.78, 5) is 22.2. The molecule has 1 aliphatic heterocycles. The van der Waals surface area contributed by atoms with Crippen LogP contribution in [0.2, 0.25) is 0 Å². The van der Waals surface area contributed by atoms with Crippen LogP contribution in [0.4, 0.5) is 0 Å². The molecular weight excluding hydrogens is 256 g/mol. The Kier molecular flexibility index (Phi) is 6.20. The molecule has 0 saturated carbocycles. The first-order chi connectivity index (χ1) is 8.99. The molecule has 1 saturated heterocycles. The van der Waals surface area contributed by atoms with Crippen LogP contribution in [0.15, 0.2) is 0 Å². The number of esters is 2. The molecule has 110 valence electrons. The molecule has 7 heteroatoms. The predicted molar refractivity (Wildman–Crippen MR) is 63.5 cm³/mol. The number of hydrogen-bond donors (Lipinski definition) is 0. The zero-order valence-corrected chi connectivity index (χ0v) is 11.6. The number of methoxy groups -OCH3 is 2. The number of rotatable bonds is 5. The van der Waals surface area contributed by atoms with Crippen LogP contribution >= 0.6 is 0 Å². The molecule has 0 aromatic carbocycles. The van der Waals surface area contributed by atoms with Crippen LogP contribution in [0.5, 0.6) is 0 Å². The van der Waals surface area contributed by atoms with Crippen LogP contribution in [-0.2, 0) is 33.3 Å². The van der Waals surface area contributed by atoms with E-state index < -0.39 is 36.4 Å². The van der Waals surface area contributed by atoms with Crippen molar-refractivity contribution in [2.24, 2.45) is 0 Å². The summed E-state index contributed by atoms with van der Waals surface area (Å²) in [5, 5.41) is 0. The first-order valence-corrected chi connectivity index (χ1v) is 5.97. The standard InChI is InChI=1S/C12H20O7/c1-7(13)18-10-6-17-9(5-15-3)12(11(10)16-4)19-8(2)14/h9-12H,5-6H2,1-4H3/t9-,10+,11-,12+/m1/s1. The molecule has 1 rings (SSSR count). The second-order valence-corrected chi connectivity index (χ2v) is 4.25. The lowest BCUT2D eigenvalue weighted by Crippen LogP contribution is -2.57. The van der Waals surface area contributed by atoms with E-state index in [1.165, 1.54) is 28.1 Å². The van der Waals surface area contributed by atoms with Crippen molar-refractivity contribution in [2.45, 2.75) is 38.3 Å². The lowest BCUT2D eigenvalue weighted by atomic mass is 9.99. The van der Waals surface area contributed by atoms with Gasteiger partial charge in [-0.3, -0.25) is 9.59 Å². The second-order valence-electron chi connectivity index (χ2n) is 4.25. The Labute approximate surface area is 112 Å². The maximum Gasteiger partial charge on any atom is 0.303 e. The summed E-state index contributed by atoms with van der Waals surface area (Å²) in [5.74, 6) is -0.900. The molecule has 0 aromatic heterocycles. The lowest BCUT2D eigenvalue weighted by Gasteiger charge is -2.40. The zero-order chi connectivity index (χ0) is 14.4. The third-order valence-electron chi connectivity index (χ3n) is 2.75. The van der Waals surface area contributed by atoms with Gasteiger partial charge in [0.25, 0.3) is 0 Å². The summed E-state index contributed by atoms with van der Waals surface area (Å²) < 4.78 is 26.2. The SMILES string of the molecule is COC[C@H]1OC[C@H](OC(C)=O)[C@@H](OC)[C@H]1OC(C)=O. The fourth-order valence-electron chi connectivity index (χ4n) is 2.07. The smallest absolute Gasteiger partial charge is 0.303 e. The highest BCUT2D eigenvalue weighted by Crippen LogP contribution is 2.23. The third kappa shape index (κ3) is 4.45. The highest BCUT2D eigenvalue weighted by atomic mass is 16.6. The average molecular weight is 276 g/mol. The van der Waals surface area contributed by atoms with Gasteiger partial charge in [-0.1, -0.05) is 0 Å². The Morgan fingerprint density at radius 1 is 1.11 bits per heavy atom. The van der Waals surface area contributed by atoms with Gasteiger partial charge in [-0.2, -0.15) is 0 Å². The van der Waals surface area contributed by atoms with Crippen molar-refractivity contribution in [1.29, 1.82) is 0 Å². The summed E-state index contributed by atoms with van der Waals surface area (Å²) in [6.07, 6.45) is -2.33. The lowest BCUT2D eigenvalue weighted by molar-refractivity contribution is -0.227. The Hall–Kier alpha value is -1.18. The van der Waals surface area contributed by atoms with Crippen molar-refractivity contribution in [3.8, 4) is 0 Å². The van der Waals surface area contributed by atoms with Crippen LogP contribution < -0.4 is 0 Å². The van der Waals surface area contributed by atoms with Crippen molar-refractivity contribution in [2.75, 3.05) is 27.4 Å². The zero-order valence-electron chi connectivity index (χ0n) is 11.6. The van der Waals surface area contributed by atoms with Gasteiger partial charge >= 0.3 is 11.9 Å². The van der Waals surface area contributed by atoms with Crippen LogP contribution in [0, 0.1) is 0 Å². The fraction of sp³-hybridized carbons (Fsp3) is 0.833. The largest absolute Gasteiger partial charge is 0.457 e. The van der Waals surface area contributed by atoms with Crippen molar-refractivity contribution in [3.63, 3.8) is 0 Å². The Morgan fingerprint density at radius 2 is 1.74 bits per heavy atom. The van der Waals surface area contributed by atoms with Gasteiger partial charge in [0.2, 0.25) is 0 Å². The predicted octanol–water partition coefficient (Wildman–Crippen LogP) is -0.0900. The highest BCUT2D eigenvalue weighted by molar-refractivity contribution is 5.67. The van der Waals surface area contributed by atoms with Gasteiger partial charge in [-0.25, -0.2) is 0 Å². The summed E-state index contributed by atoms with van der Waals surface area (Å²) in [6, 6.07) is 0. The first-order valence-electron chi connectivity index (χ1n) is 5.97. The van der Waals surface area contributed by atoms with Gasteiger partial charge in [0, 0.05) is 28.1 Å². The van der Waals surface area contributed by atoms with E-state index in [2.05, 4.69) is 0 Å².